The minimum atomic E-state index is 0.782. The first-order chi connectivity index (χ1) is 7.77. The zero-order valence-electron chi connectivity index (χ0n) is 9.23. The maximum Gasteiger partial charge on any atom is 0.0570 e. The lowest BCUT2D eigenvalue weighted by Crippen LogP contribution is -2.14. The molecule has 0 fully saturated rings. The Bertz CT molecular complexity index is 465. The molecule has 2 aromatic rings. The second-order valence-electron chi connectivity index (χ2n) is 3.67. The van der Waals surface area contributed by atoms with Crippen molar-refractivity contribution in [2.75, 3.05) is 5.73 Å². The molecule has 0 amide bonds. The summed E-state index contributed by atoms with van der Waals surface area (Å²) < 4.78 is 0. The van der Waals surface area contributed by atoms with Gasteiger partial charge in [0.25, 0.3) is 0 Å². The highest BCUT2D eigenvalue weighted by atomic mass is 32.1. The molecule has 4 heteroatoms. The third-order valence-corrected chi connectivity index (χ3v) is 3.41. The molecule has 0 aliphatic rings. The molecule has 2 heterocycles. The molecule has 0 atom stereocenters. The van der Waals surface area contributed by atoms with Crippen molar-refractivity contribution in [3.05, 3.63) is 45.9 Å². The predicted octanol–water partition coefficient (Wildman–Crippen LogP) is 2.32. The van der Waals surface area contributed by atoms with Gasteiger partial charge in [-0.1, -0.05) is 6.07 Å². The largest absolute Gasteiger partial charge is 0.398 e. The Morgan fingerprint density at radius 3 is 2.94 bits per heavy atom. The molecule has 0 aliphatic carbocycles. The van der Waals surface area contributed by atoms with E-state index in [1.165, 1.54) is 10.4 Å². The van der Waals surface area contributed by atoms with Gasteiger partial charge in [-0.05, 0) is 30.0 Å². The number of hydrogen-bond donors (Lipinski definition) is 2. The molecule has 0 aliphatic heterocycles. The lowest BCUT2D eigenvalue weighted by molar-refractivity contribution is 0.684. The van der Waals surface area contributed by atoms with E-state index in [2.05, 4.69) is 23.3 Å². The van der Waals surface area contributed by atoms with Crippen LogP contribution in [0.25, 0.3) is 0 Å². The van der Waals surface area contributed by atoms with Crippen LogP contribution < -0.4 is 11.1 Å². The summed E-state index contributed by atoms with van der Waals surface area (Å²) in [4.78, 5) is 5.52. The van der Waals surface area contributed by atoms with Gasteiger partial charge >= 0.3 is 0 Å². The Labute approximate surface area is 99.3 Å². The monoisotopic (exact) mass is 233 g/mol. The van der Waals surface area contributed by atoms with Gasteiger partial charge < -0.3 is 11.1 Å². The fourth-order valence-electron chi connectivity index (χ4n) is 1.49. The van der Waals surface area contributed by atoms with Crippen molar-refractivity contribution in [1.82, 2.24) is 10.3 Å². The second kappa shape index (κ2) is 5.09. The number of pyridine rings is 1. The first-order valence-electron chi connectivity index (χ1n) is 5.20. The summed E-state index contributed by atoms with van der Waals surface area (Å²) in [5.41, 5.74) is 8.99. The summed E-state index contributed by atoms with van der Waals surface area (Å²) in [6.45, 7) is 3.66. The molecule has 2 rings (SSSR count). The topological polar surface area (TPSA) is 50.9 Å². The number of nitrogens with two attached hydrogens (primary N) is 1. The molecule has 3 nitrogen and oxygen atoms in total. The van der Waals surface area contributed by atoms with Crippen LogP contribution in [-0.4, -0.2) is 4.98 Å². The lowest BCUT2D eigenvalue weighted by Gasteiger charge is -2.06. The highest BCUT2D eigenvalue weighted by molar-refractivity contribution is 7.10. The second-order valence-corrected chi connectivity index (χ2v) is 4.67. The summed E-state index contributed by atoms with van der Waals surface area (Å²) >= 11 is 1.68. The van der Waals surface area contributed by atoms with Crippen molar-refractivity contribution in [2.24, 2.45) is 0 Å². The van der Waals surface area contributed by atoms with Crippen molar-refractivity contribution in [1.29, 1.82) is 0 Å². The number of thiophene rings is 1. The van der Waals surface area contributed by atoms with Crippen molar-refractivity contribution >= 4 is 17.0 Å². The molecule has 3 N–H and O–H groups in total. The fourth-order valence-corrected chi connectivity index (χ4v) is 2.26. The molecule has 0 radical (unpaired) electrons. The maximum absolute atomic E-state index is 5.80. The lowest BCUT2D eigenvalue weighted by atomic mass is 10.2. The van der Waals surface area contributed by atoms with Crippen molar-refractivity contribution in [3.8, 4) is 0 Å². The quantitative estimate of drug-likeness (QED) is 0.852. The average Bonchev–Trinajstić information content (AvgIpc) is 2.67. The van der Waals surface area contributed by atoms with E-state index < -0.39 is 0 Å². The fraction of sp³-hybridized carbons (Fsp3) is 0.250. The Balaban J connectivity index is 1.89. The third-order valence-electron chi connectivity index (χ3n) is 2.48. The van der Waals surface area contributed by atoms with Crippen LogP contribution in [0, 0.1) is 6.92 Å². The molecule has 0 saturated heterocycles. The van der Waals surface area contributed by atoms with Gasteiger partial charge in [-0.25, -0.2) is 0 Å². The highest BCUT2D eigenvalue weighted by Crippen LogP contribution is 2.18. The number of aromatic nitrogens is 1. The normalized spacial score (nSPS) is 10.6. The van der Waals surface area contributed by atoms with Gasteiger partial charge in [-0.15, -0.1) is 11.3 Å². The molecule has 0 saturated carbocycles. The number of hydrogen-bond acceptors (Lipinski definition) is 4. The molecule has 16 heavy (non-hydrogen) atoms. The Morgan fingerprint density at radius 1 is 1.38 bits per heavy atom. The van der Waals surface area contributed by atoms with Gasteiger partial charge in [0.1, 0.15) is 0 Å². The summed E-state index contributed by atoms with van der Waals surface area (Å²) in [6, 6.07) is 5.97. The van der Waals surface area contributed by atoms with Crippen LogP contribution in [0.2, 0.25) is 0 Å². The Morgan fingerprint density at radius 2 is 2.25 bits per heavy atom. The molecule has 0 aromatic carbocycles. The summed E-state index contributed by atoms with van der Waals surface area (Å²) in [7, 11) is 0. The minimum absolute atomic E-state index is 0.782. The standard InChI is InChI=1S/C12H15N3S/c1-9-3-2-5-15-11(9)7-14-8-12-10(13)4-6-16-12/h2-6,14H,7-8,13H2,1H3. The SMILES string of the molecule is Cc1cccnc1CNCc1sccc1N. The number of rotatable bonds is 4. The van der Waals surface area contributed by atoms with Crippen LogP contribution in [0.1, 0.15) is 16.1 Å². The Hall–Kier alpha value is -1.39. The van der Waals surface area contributed by atoms with E-state index in [4.69, 9.17) is 5.73 Å². The van der Waals surface area contributed by atoms with Gasteiger partial charge in [0.15, 0.2) is 0 Å². The Kier molecular flexibility index (Phi) is 3.54. The van der Waals surface area contributed by atoms with Crippen LogP contribution in [0.15, 0.2) is 29.8 Å². The van der Waals surface area contributed by atoms with E-state index in [1.54, 1.807) is 11.3 Å². The maximum atomic E-state index is 5.80. The summed E-state index contributed by atoms with van der Waals surface area (Å²) in [6.07, 6.45) is 1.82. The van der Waals surface area contributed by atoms with E-state index in [0.717, 1.165) is 24.5 Å². The van der Waals surface area contributed by atoms with Gasteiger partial charge in [0.05, 0.1) is 5.69 Å². The van der Waals surface area contributed by atoms with Gasteiger partial charge in [-0.3, -0.25) is 4.98 Å². The number of nitrogens with one attached hydrogen (secondary N) is 1. The molecule has 84 valence electrons. The number of anilines is 1. The van der Waals surface area contributed by atoms with E-state index in [0.29, 0.717) is 0 Å². The van der Waals surface area contributed by atoms with Crippen LogP contribution in [0.3, 0.4) is 0 Å². The molecule has 0 spiro atoms. The first kappa shape index (κ1) is 11.1. The zero-order valence-corrected chi connectivity index (χ0v) is 10.1. The zero-order chi connectivity index (χ0) is 11.4. The van der Waals surface area contributed by atoms with E-state index in [9.17, 15) is 0 Å². The number of aryl methyl sites for hydroxylation is 1. The van der Waals surface area contributed by atoms with Crippen molar-refractivity contribution < 1.29 is 0 Å². The number of nitrogens with zero attached hydrogens (tertiary/aromatic N) is 1. The summed E-state index contributed by atoms with van der Waals surface area (Å²) in [5, 5.41) is 5.37. The molecule has 0 unspecified atom stereocenters. The van der Waals surface area contributed by atoms with Crippen molar-refractivity contribution in [2.45, 2.75) is 20.0 Å². The highest BCUT2D eigenvalue weighted by Gasteiger charge is 2.01. The molecular weight excluding hydrogens is 218 g/mol. The first-order valence-corrected chi connectivity index (χ1v) is 6.08. The molecular formula is C12H15N3S. The van der Waals surface area contributed by atoms with Crippen LogP contribution in [0.4, 0.5) is 5.69 Å². The smallest absolute Gasteiger partial charge is 0.0570 e. The van der Waals surface area contributed by atoms with E-state index in [1.807, 2.05) is 23.7 Å². The minimum Gasteiger partial charge on any atom is -0.398 e. The van der Waals surface area contributed by atoms with Crippen LogP contribution in [0.5, 0.6) is 0 Å². The molecule has 0 bridgehead atoms. The van der Waals surface area contributed by atoms with Gasteiger partial charge in [0.2, 0.25) is 0 Å². The summed E-state index contributed by atoms with van der Waals surface area (Å²) in [5.74, 6) is 0. The van der Waals surface area contributed by atoms with Crippen LogP contribution in [-0.2, 0) is 13.1 Å². The van der Waals surface area contributed by atoms with Gasteiger partial charge in [0, 0.05) is 29.9 Å². The number of nitrogen functional groups attached to an aromatic ring is 1. The average molecular weight is 233 g/mol. The van der Waals surface area contributed by atoms with Gasteiger partial charge in [-0.2, -0.15) is 0 Å². The predicted molar refractivity (Wildman–Crippen MR) is 68.2 cm³/mol. The molecule has 2 aromatic heterocycles. The van der Waals surface area contributed by atoms with E-state index in [-0.39, 0.29) is 0 Å². The van der Waals surface area contributed by atoms with Crippen LogP contribution >= 0.6 is 11.3 Å². The van der Waals surface area contributed by atoms with Crippen molar-refractivity contribution in [3.63, 3.8) is 0 Å². The third kappa shape index (κ3) is 2.59. The van der Waals surface area contributed by atoms with E-state index >= 15 is 0 Å².